The predicted molar refractivity (Wildman–Crippen MR) is 112 cm³/mol. The maximum Gasteiger partial charge on any atom is 0.251 e. The SMILES string of the molecule is Cc1ccc(CC(=O)N2CCC[C@@H](c3nc(-c4ccccn4)cc(=O)[nH]3)C2)cc1. The lowest BCUT2D eigenvalue weighted by Gasteiger charge is -2.32. The zero-order chi connectivity index (χ0) is 20.2. The number of aryl methyl sites for hydroxylation is 1. The Hall–Kier alpha value is -3.28. The average Bonchev–Trinajstić information content (AvgIpc) is 2.75. The molecular formula is C23H24N4O2. The largest absolute Gasteiger partial charge is 0.342 e. The molecule has 1 atom stereocenters. The fraction of sp³-hybridized carbons (Fsp3) is 0.304. The van der Waals surface area contributed by atoms with Crippen LogP contribution in [0.1, 0.15) is 35.7 Å². The number of rotatable bonds is 4. The molecule has 2 aromatic heterocycles. The minimum Gasteiger partial charge on any atom is -0.342 e. The summed E-state index contributed by atoms with van der Waals surface area (Å²) in [6.07, 6.45) is 3.86. The van der Waals surface area contributed by atoms with Crippen molar-refractivity contribution in [3.05, 3.63) is 82.0 Å². The van der Waals surface area contributed by atoms with Gasteiger partial charge in [-0.3, -0.25) is 14.6 Å². The van der Waals surface area contributed by atoms with E-state index in [-0.39, 0.29) is 17.4 Å². The van der Waals surface area contributed by atoms with E-state index in [2.05, 4.69) is 15.0 Å². The summed E-state index contributed by atoms with van der Waals surface area (Å²) < 4.78 is 0. The number of hydrogen-bond acceptors (Lipinski definition) is 4. The van der Waals surface area contributed by atoms with E-state index in [1.165, 1.54) is 11.6 Å². The van der Waals surface area contributed by atoms with Crippen LogP contribution in [-0.2, 0) is 11.2 Å². The van der Waals surface area contributed by atoms with Crippen molar-refractivity contribution in [1.29, 1.82) is 0 Å². The Bertz CT molecular complexity index is 1040. The number of aromatic amines is 1. The molecule has 1 saturated heterocycles. The van der Waals surface area contributed by atoms with Crippen LogP contribution in [0, 0.1) is 6.92 Å². The smallest absolute Gasteiger partial charge is 0.251 e. The normalized spacial score (nSPS) is 16.6. The molecule has 0 bridgehead atoms. The lowest BCUT2D eigenvalue weighted by molar-refractivity contribution is -0.131. The first-order valence-corrected chi connectivity index (χ1v) is 9.94. The highest BCUT2D eigenvalue weighted by Gasteiger charge is 2.26. The van der Waals surface area contributed by atoms with Crippen LogP contribution in [0.15, 0.2) is 59.5 Å². The maximum absolute atomic E-state index is 12.8. The molecule has 6 nitrogen and oxygen atoms in total. The second-order valence-electron chi connectivity index (χ2n) is 7.57. The number of amides is 1. The van der Waals surface area contributed by atoms with Crippen LogP contribution in [0.25, 0.3) is 11.4 Å². The Kier molecular flexibility index (Phi) is 5.51. The lowest BCUT2D eigenvalue weighted by atomic mass is 9.96. The van der Waals surface area contributed by atoms with Crippen LogP contribution in [0.5, 0.6) is 0 Å². The number of likely N-dealkylation sites (tertiary alicyclic amines) is 1. The molecule has 1 aliphatic rings. The first-order valence-electron chi connectivity index (χ1n) is 9.94. The van der Waals surface area contributed by atoms with Crippen LogP contribution in [0.2, 0.25) is 0 Å². The molecule has 3 heterocycles. The van der Waals surface area contributed by atoms with Gasteiger partial charge in [0, 0.05) is 31.3 Å². The highest BCUT2D eigenvalue weighted by molar-refractivity contribution is 5.79. The van der Waals surface area contributed by atoms with Crippen molar-refractivity contribution in [2.75, 3.05) is 13.1 Å². The van der Waals surface area contributed by atoms with Gasteiger partial charge in [-0.05, 0) is 37.5 Å². The number of hydrogen-bond donors (Lipinski definition) is 1. The third kappa shape index (κ3) is 4.59. The number of pyridine rings is 1. The summed E-state index contributed by atoms with van der Waals surface area (Å²) in [5, 5.41) is 0. The molecule has 1 aromatic carbocycles. The molecule has 1 amide bonds. The number of carbonyl (C=O) groups excluding carboxylic acids is 1. The van der Waals surface area contributed by atoms with Crippen molar-refractivity contribution in [1.82, 2.24) is 19.9 Å². The number of piperidine rings is 1. The van der Waals surface area contributed by atoms with E-state index in [0.29, 0.717) is 30.2 Å². The standard InChI is InChI=1S/C23H24N4O2/c1-16-7-9-17(10-8-16)13-22(29)27-12-4-5-18(15-27)23-25-20(14-21(28)26-23)19-6-2-3-11-24-19/h2-3,6-11,14,18H,4-5,12-13,15H2,1H3,(H,25,26,28)/t18-/m1/s1. The van der Waals surface area contributed by atoms with Gasteiger partial charge < -0.3 is 9.88 Å². The van der Waals surface area contributed by atoms with E-state index in [1.807, 2.05) is 54.3 Å². The van der Waals surface area contributed by atoms with Crippen molar-refractivity contribution < 1.29 is 4.79 Å². The minimum atomic E-state index is -0.196. The van der Waals surface area contributed by atoms with Gasteiger partial charge in [0.1, 0.15) is 5.82 Å². The summed E-state index contributed by atoms with van der Waals surface area (Å²) in [4.78, 5) is 38.7. The van der Waals surface area contributed by atoms with Crippen LogP contribution >= 0.6 is 0 Å². The summed E-state index contributed by atoms with van der Waals surface area (Å²) in [5.74, 6) is 0.759. The van der Waals surface area contributed by atoms with Crippen LogP contribution in [-0.4, -0.2) is 38.8 Å². The molecule has 0 spiro atoms. The van der Waals surface area contributed by atoms with Crippen LogP contribution in [0.3, 0.4) is 0 Å². The van der Waals surface area contributed by atoms with Gasteiger partial charge in [0.2, 0.25) is 5.91 Å². The average molecular weight is 388 g/mol. The topological polar surface area (TPSA) is 79.0 Å². The number of nitrogens with zero attached hydrogens (tertiary/aromatic N) is 3. The quantitative estimate of drug-likeness (QED) is 0.745. The Balaban J connectivity index is 1.51. The van der Waals surface area contributed by atoms with Gasteiger partial charge in [0.05, 0.1) is 17.8 Å². The fourth-order valence-electron chi connectivity index (χ4n) is 3.73. The van der Waals surface area contributed by atoms with Crippen molar-refractivity contribution in [2.45, 2.75) is 32.1 Å². The molecule has 1 N–H and O–H groups in total. The minimum absolute atomic E-state index is 0.0158. The number of nitrogens with one attached hydrogen (secondary N) is 1. The Morgan fingerprint density at radius 3 is 2.76 bits per heavy atom. The van der Waals surface area contributed by atoms with Gasteiger partial charge in [0.15, 0.2) is 0 Å². The Morgan fingerprint density at radius 1 is 1.17 bits per heavy atom. The molecule has 6 heteroatoms. The van der Waals surface area contributed by atoms with Gasteiger partial charge in [-0.2, -0.15) is 0 Å². The van der Waals surface area contributed by atoms with E-state index < -0.39 is 0 Å². The van der Waals surface area contributed by atoms with E-state index >= 15 is 0 Å². The zero-order valence-electron chi connectivity index (χ0n) is 16.5. The van der Waals surface area contributed by atoms with E-state index in [0.717, 1.165) is 24.9 Å². The number of benzene rings is 1. The third-order valence-electron chi connectivity index (χ3n) is 5.32. The van der Waals surface area contributed by atoms with E-state index in [9.17, 15) is 9.59 Å². The summed E-state index contributed by atoms with van der Waals surface area (Å²) in [7, 11) is 0. The third-order valence-corrected chi connectivity index (χ3v) is 5.32. The number of H-pyrrole nitrogens is 1. The van der Waals surface area contributed by atoms with Gasteiger partial charge in [-0.25, -0.2) is 4.98 Å². The monoisotopic (exact) mass is 388 g/mol. The number of aromatic nitrogens is 3. The van der Waals surface area contributed by atoms with Crippen LogP contribution in [0.4, 0.5) is 0 Å². The van der Waals surface area contributed by atoms with Gasteiger partial charge >= 0.3 is 0 Å². The molecule has 0 radical (unpaired) electrons. The van der Waals surface area contributed by atoms with E-state index in [4.69, 9.17) is 0 Å². The lowest BCUT2D eigenvalue weighted by Crippen LogP contribution is -2.40. The molecule has 1 aliphatic heterocycles. The highest BCUT2D eigenvalue weighted by atomic mass is 16.2. The van der Waals surface area contributed by atoms with Crippen molar-refractivity contribution >= 4 is 5.91 Å². The van der Waals surface area contributed by atoms with Crippen molar-refractivity contribution in [3.8, 4) is 11.4 Å². The highest BCUT2D eigenvalue weighted by Crippen LogP contribution is 2.25. The second-order valence-corrected chi connectivity index (χ2v) is 7.57. The molecular weight excluding hydrogens is 364 g/mol. The summed E-state index contributed by atoms with van der Waals surface area (Å²) in [5.41, 5.74) is 3.24. The van der Waals surface area contributed by atoms with Gasteiger partial charge in [-0.1, -0.05) is 35.9 Å². The molecule has 3 aromatic rings. The molecule has 0 unspecified atom stereocenters. The van der Waals surface area contributed by atoms with Gasteiger partial charge in [0.25, 0.3) is 5.56 Å². The van der Waals surface area contributed by atoms with E-state index in [1.54, 1.807) is 6.20 Å². The molecule has 0 saturated carbocycles. The van der Waals surface area contributed by atoms with Crippen molar-refractivity contribution in [3.63, 3.8) is 0 Å². The summed E-state index contributed by atoms with van der Waals surface area (Å²) in [6.45, 7) is 3.35. The molecule has 29 heavy (non-hydrogen) atoms. The molecule has 148 valence electrons. The predicted octanol–water partition coefficient (Wildman–Crippen LogP) is 3.09. The Morgan fingerprint density at radius 2 is 2.00 bits per heavy atom. The van der Waals surface area contributed by atoms with Crippen LogP contribution < -0.4 is 5.56 Å². The fourth-order valence-corrected chi connectivity index (χ4v) is 3.73. The molecule has 0 aliphatic carbocycles. The number of carbonyl (C=O) groups is 1. The molecule has 1 fully saturated rings. The Labute approximate surface area is 169 Å². The first-order chi connectivity index (χ1) is 14.1. The molecule has 4 rings (SSSR count). The maximum atomic E-state index is 12.8. The summed E-state index contributed by atoms with van der Waals surface area (Å²) in [6, 6.07) is 15.1. The second kappa shape index (κ2) is 8.39. The first kappa shape index (κ1) is 19.1. The van der Waals surface area contributed by atoms with Gasteiger partial charge in [-0.15, -0.1) is 0 Å². The zero-order valence-corrected chi connectivity index (χ0v) is 16.5. The summed E-state index contributed by atoms with van der Waals surface area (Å²) >= 11 is 0. The van der Waals surface area contributed by atoms with Crippen molar-refractivity contribution in [2.24, 2.45) is 0 Å².